The number of benzene rings is 1. The van der Waals surface area contributed by atoms with Gasteiger partial charge in [0, 0.05) is 0 Å². The summed E-state index contributed by atoms with van der Waals surface area (Å²) in [5.41, 5.74) is 4.08. The molecule has 1 aromatic rings. The van der Waals surface area contributed by atoms with Crippen molar-refractivity contribution in [3.8, 4) is 0 Å². The molecule has 2 unspecified atom stereocenters. The summed E-state index contributed by atoms with van der Waals surface area (Å²) in [6.07, 6.45) is 3.85. The van der Waals surface area contributed by atoms with Crippen LogP contribution in [0.3, 0.4) is 0 Å². The molecule has 0 amide bonds. The monoisotopic (exact) mass is 192 g/mol. The minimum Gasteiger partial charge on any atom is -0.0866 e. The normalized spacial score (nSPS) is 22.2. The second-order valence-corrected chi connectivity index (χ2v) is 5.44. The molecule has 2 atom stereocenters. The minimum atomic E-state index is 0.946. The zero-order chi connectivity index (χ0) is 9.26. The van der Waals surface area contributed by atoms with Crippen molar-refractivity contribution in [2.24, 2.45) is 0 Å². The van der Waals surface area contributed by atoms with E-state index >= 15 is 0 Å². The van der Waals surface area contributed by atoms with Gasteiger partial charge >= 0.3 is 0 Å². The Morgan fingerprint density at radius 2 is 2.23 bits per heavy atom. The average molecular weight is 192 g/mol. The fourth-order valence-electron chi connectivity index (χ4n) is 1.96. The summed E-state index contributed by atoms with van der Waals surface area (Å²) in [6, 6.07) is 7.06. The summed E-state index contributed by atoms with van der Waals surface area (Å²) in [5, 5.41) is 1.63. The smallest absolute Gasteiger partial charge is 0.0158 e. The predicted molar refractivity (Wildman–Crippen MR) is 61.6 cm³/mol. The largest absolute Gasteiger partial charge is 0.0866 e. The molecule has 1 heterocycles. The molecule has 1 aliphatic rings. The van der Waals surface area contributed by atoms with Crippen LogP contribution < -0.4 is 5.30 Å². The number of rotatable bonds is 2. The quantitative estimate of drug-likeness (QED) is 0.632. The van der Waals surface area contributed by atoms with E-state index in [-0.39, 0.29) is 0 Å². The molecule has 1 aliphatic heterocycles. The van der Waals surface area contributed by atoms with Crippen LogP contribution in [0.2, 0.25) is 0 Å². The van der Waals surface area contributed by atoms with Crippen molar-refractivity contribution in [1.29, 1.82) is 0 Å². The molecule has 0 spiro atoms. The van der Waals surface area contributed by atoms with Gasteiger partial charge in [0.15, 0.2) is 0 Å². The molecule has 70 valence electrons. The Bertz CT molecular complexity index is 304. The standard InChI is InChI=1S/C12H17P/c1-3-9-5-6-12-10(7-9)8-11(4-2)13-12/h5-7,11,13H,3-4,8H2,1-2H3. The van der Waals surface area contributed by atoms with E-state index in [4.69, 9.17) is 0 Å². The van der Waals surface area contributed by atoms with E-state index in [1.54, 1.807) is 10.9 Å². The van der Waals surface area contributed by atoms with Gasteiger partial charge in [-0.15, -0.1) is 0 Å². The molecule has 0 saturated carbocycles. The van der Waals surface area contributed by atoms with E-state index in [1.807, 2.05) is 0 Å². The summed E-state index contributed by atoms with van der Waals surface area (Å²) in [7, 11) is 1.07. The van der Waals surface area contributed by atoms with Crippen LogP contribution in [0.25, 0.3) is 0 Å². The molecule has 0 aromatic heterocycles. The van der Waals surface area contributed by atoms with Crippen molar-refractivity contribution >= 4 is 13.9 Å². The molecule has 0 fully saturated rings. The van der Waals surface area contributed by atoms with E-state index in [0.29, 0.717) is 0 Å². The Balaban J connectivity index is 2.25. The molecule has 1 heteroatoms. The number of aryl methyl sites for hydroxylation is 1. The topological polar surface area (TPSA) is 0 Å². The number of hydrogen-bond donors (Lipinski definition) is 0. The minimum absolute atomic E-state index is 0.946. The van der Waals surface area contributed by atoms with Gasteiger partial charge in [-0.1, -0.05) is 40.6 Å². The van der Waals surface area contributed by atoms with Crippen LogP contribution in [0.1, 0.15) is 31.4 Å². The van der Waals surface area contributed by atoms with Gasteiger partial charge in [0.2, 0.25) is 0 Å². The van der Waals surface area contributed by atoms with Gasteiger partial charge in [0.1, 0.15) is 0 Å². The molecule has 0 saturated heterocycles. The fraction of sp³-hybridized carbons (Fsp3) is 0.500. The number of hydrogen-bond acceptors (Lipinski definition) is 0. The second kappa shape index (κ2) is 3.80. The maximum atomic E-state index is 2.41. The zero-order valence-corrected chi connectivity index (χ0v) is 9.43. The summed E-state index contributed by atoms with van der Waals surface area (Å²) >= 11 is 0. The highest BCUT2D eigenvalue weighted by atomic mass is 31.1. The van der Waals surface area contributed by atoms with Crippen LogP contribution in [0.15, 0.2) is 18.2 Å². The van der Waals surface area contributed by atoms with E-state index in [1.165, 1.54) is 24.8 Å². The molecular formula is C12H17P. The van der Waals surface area contributed by atoms with Crippen molar-refractivity contribution in [3.05, 3.63) is 29.3 Å². The van der Waals surface area contributed by atoms with Crippen molar-refractivity contribution < 1.29 is 0 Å². The van der Waals surface area contributed by atoms with E-state index in [9.17, 15) is 0 Å². The van der Waals surface area contributed by atoms with Gasteiger partial charge < -0.3 is 0 Å². The first kappa shape index (κ1) is 9.21. The average Bonchev–Trinajstić information content (AvgIpc) is 2.58. The summed E-state index contributed by atoms with van der Waals surface area (Å²) in [6.45, 7) is 4.54. The van der Waals surface area contributed by atoms with Crippen molar-refractivity contribution in [2.45, 2.75) is 38.8 Å². The van der Waals surface area contributed by atoms with Gasteiger partial charge in [-0.25, -0.2) is 0 Å². The zero-order valence-electron chi connectivity index (χ0n) is 8.43. The van der Waals surface area contributed by atoms with Crippen LogP contribution >= 0.6 is 8.58 Å². The van der Waals surface area contributed by atoms with Gasteiger partial charge in [-0.3, -0.25) is 0 Å². The molecule has 1 aromatic carbocycles. The third-order valence-electron chi connectivity index (χ3n) is 2.90. The summed E-state index contributed by atoms with van der Waals surface area (Å²) < 4.78 is 0. The molecule has 2 rings (SSSR count). The molecule has 0 radical (unpaired) electrons. The molecule has 0 nitrogen and oxygen atoms in total. The predicted octanol–water partition coefficient (Wildman–Crippen LogP) is 2.89. The molecule has 0 aliphatic carbocycles. The lowest BCUT2D eigenvalue weighted by Crippen LogP contribution is -1.98. The molecule has 0 bridgehead atoms. The van der Waals surface area contributed by atoms with Gasteiger partial charge in [-0.05, 0) is 41.4 Å². The highest BCUT2D eigenvalue weighted by molar-refractivity contribution is 7.48. The van der Waals surface area contributed by atoms with Crippen LogP contribution in [-0.4, -0.2) is 5.66 Å². The van der Waals surface area contributed by atoms with Crippen molar-refractivity contribution in [1.82, 2.24) is 0 Å². The lowest BCUT2D eigenvalue weighted by molar-refractivity contribution is 0.827. The maximum Gasteiger partial charge on any atom is -0.0158 e. The van der Waals surface area contributed by atoms with Crippen LogP contribution in [0, 0.1) is 0 Å². The van der Waals surface area contributed by atoms with E-state index in [0.717, 1.165) is 14.2 Å². The fourth-order valence-corrected chi connectivity index (χ4v) is 3.46. The maximum absolute atomic E-state index is 2.41. The molecule has 0 N–H and O–H groups in total. The third-order valence-corrected chi connectivity index (χ3v) is 4.72. The molecular weight excluding hydrogens is 175 g/mol. The number of fused-ring (bicyclic) bond motifs is 1. The van der Waals surface area contributed by atoms with Gasteiger partial charge in [-0.2, -0.15) is 0 Å². The van der Waals surface area contributed by atoms with E-state index in [2.05, 4.69) is 32.0 Å². The Kier molecular flexibility index (Phi) is 2.69. The van der Waals surface area contributed by atoms with Gasteiger partial charge in [0.25, 0.3) is 0 Å². The highest BCUT2D eigenvalue weighted by Gasteiger charge is 2.19. The van der Waals surface area contributed by atoms with Crippen LogP contribution in [-0.2, 0) is 12.8 Å². The molecule has 13 heavy (non-hydrogen) atoms. The van der Waals surface area contributed by atoms with Gasteiger partial charge in [0.05, 0.1) is 0 Å². The third kappa shape index (κ3) is 1.79. The Hall–Kier alpha value is -0.350. The van der Waals surface area contributed by atoms with Crippen molar-refractivity contribution in [2.75, 3.05) is 0 Å². The Morgan fingerprint density at radius 1 is 1.38 bits per heavy atom. The first-order chi connectivity index (χ1) is 6.33. The van der Waals surface area contributed by atoms with Crippen LogP contribution in [0.5, 0.6) is 0 Å². The Labute approximate surface area is 82.5 Å². The highest BCUT2D eigenvalue weighted by Crippen LogP contribution is 2.33. The first-order valence-corrected chi connectivity index (χ1v) is 6.29. The SMILES string of the molecule is CCc1ccc2c(c1)CC(CC)P2. The van der Waals surface area contributed by atoms with E-state index < -0.39 is 0 Å². The first-order valence-electron chi connectivity index (χ1n) is 5.21. The summed E-state index contributed by atoms with van der Waals surface area (Å²) in [5.74, 6) is 0. The second-order valence-electron chi connectivity index (χ2n) is 3.80. The van der Waals surface area contributed by atoms with Crippen LogP contribution in [0.4, 0.5) is 0 Å². The summed E-state index contributed by atoms with van der Waals surface area (Å²) in [4.78, 5) is 0. The lowest BCUT2D eigenvalue weighted by atomic mass is 10.0. The van der Waals surface area contributed by atoms with Crippen molar-refractivity contribution in [3.63, 3.8) is 0 Å². The lowest BCUT2D eigenvalue weighted by Gasteiger charge is -2.01. The Morgan fingerprint density at radius 3 is 2.92 bits per heavy atom.